The van der Waals surface area contributed by atoms with Gasteiger partial charge in [0.25, 0.3) is 0 Å². The highest BCUT2D eigenvalue weighted by Gasteiger charge is 2.56. The van der Waals surface area contributed by atoms with Gasteiger partial charge in [-0.3, -0.25) is 0 Å². The normalized spacial score (nSPS) is 33.0. The summed E-state index contributed by atoms with van der Waals surface area (Å²) in [7, 11) is 0. The number of aldehydes is 1. The third kappa shape index (κ3) is 0.985. The molecule has 1 saturated carbocycles. The predicted octanol–water partition coefficient (Wildman–Crippen LogP) is 2.70. The Kier molecular flexibility index (Phi) is 1.58. The number of carbonyl (C=O) groups is 1. The Labute approximate surface area is 84.1 Å². The minimum absolute atomic E-state index is 0.371. The van der Waals surface area contributed by atoms with Gasteiger partial charge in [0, 0.05) is 6.42 Å². The van der Waals surface area contributed by atoms with Gasteiger partial charge in [0.2, 0.25) is 0 Å². The van der Waals surface area contributed by atoms with Crippen molar-refractivity contribution in [2.45, 2.75) is 31.6 Å². The SMILES string of the molecule is O=CC[C@]12CCc3ccccc3[C@H]1C2. The van der Waals surface area contributed by atoms with Crippen LogP contribution in [0.3, 0.4) is 0 Å². The van der Waals surface area contributed by atoms with Crippen molar-refractivity contribution in [2.24, 2.45) is 5.41 Å². The molecule has 72 valence electrons. The Morgan fingerprint density at radius 2 is 2.29 bits per heavy atom. The second-order valence-electron chi connectivity index (χ2n) is 4.69. The molecule has 1 aromatic rings. The van der Waals surface area contributed by atoms with Gasteiger partial charge in [0.05, 0.1) is 0 Å². The highest BCUT2D eigenvalue weighted by atomic mass is 16.1. The third-order valence-corrected chi connectivity index (χ3v) is 4.00. The van der Waals surface area contributed by atoms with Crippen LogP contribution in [0.2, 0.25) is 0 Å². The molecule has 0 unspecified atom stereocenters. The second kappa shape index (κ2) is 2.69. The maximum atomic E-state index is 10.6. The molecular weight excluding hydrogens is 172 g/mol. The summed E-state index contributed by atoms with van der Waals surface area (Å²) in [6, 6.07) is 8.71. The Morgan fingerprint density at radius 1 is 1.43 bits per heavy atom. The van der Waals surface area contributed by atoms with Crippen LogP contribution in [0.5, 0.6) is 0 Å². The first-order valence-electron chi connectivity index (χ1n) is 5.37. The van der Waals surface area contributed by atoms with E-state index in [-0.39, 0.29) is 0 Å². The van der Waals surface area contributed by atoms with Gasteiger partial charge in [-0.05, 0) is 41.7 Å². The van der Waals surface area contributed by atoms with Crippen molar-refractivity contribution in [3.63, 3.8) is 0 Å². The summed E-state index contributed by atoms with van der Waals surface area (Å²) >= 11 is 0. The quantitative estimate of drug-likeness (QED) is 0.649. The van der Waals surface area contributed by atoms with E-state index in [0.717, 1.165) is 12.7 Å². The van der Waals surface area contributed by atoms with Gasteiger partial charge in [-0.25, -0.2) is 0 Å². The van der Waals surface area contributed by atoms with Gasteiger partial charge in [-0.2, -0.15) is 0 Å². The summed E-state index contributed by atoms with van der Waals surface area (Å²) in [6.07, 6.45) is 5.50. The van der Waals surface area contributed by atoms with Crippen molar-refractivity contribution >= 4 is 6.29 Å². The van der Waals surface area contributed by atoms with Crippen molar-refractivity contribution in [1.29, 1.82) is 0 Å². The highest BCUT2D eigenvalue weighted by Crippen LogP contribution is 2.66. The maximum Gasteiger partial charge on any atom is 0.120 e. The Bertz CT molecular complexity index is 383. The van der Waals surface area contributed by atoms with Crippen LogP contribution in [0.25, 0.3) is 0 Å². The number of benzene rings is 1. The number of hydrogen-bond acceptors (Lipinski definition) is 1. The largest absolute Gasteiger partial charge is 0.303 e. The molecule has 14 heavy (non-hydrogen) atoms. The number of carbonyl (C=O) groups excluding carboxylic acids is 1. The molecule has 0 aromatic heterocycles. The average molecular weight is 186 g/mol. The lowest BCUT2D eigenvalue weighted by atomic mass is 9.82. The Hall–Kier alpha value is -1.11. The molecule has 3 rings (SSSR count). The molecule has 0 radical (unpaired) electrons. The van der Waals surface area contributed by atoms with Crippen LogP contribution in [-0.2, 0) is 11.2 Å². The summed E-state index contributed by atoms with van der Waals surface area (Å²) in [5.41, 5.74) is 3.40. The van der Waals surface area contributed by atoms with Crippen LogP contribution in [0.1, 0.15) is 36.3 Å². The minimum atomic E-state index is 0.371. The van der Waals surface area contributed by atoms with E-state index in [1.165, 1.54) is 30.4 Å². The molecule has 0 heterocycles. The molecule has 1 heteroatoms. The van der Waals surface area contributed by atoms with Gasteiger partial charge < -0.3 is 4.79 Å². The monoisotopic (exact) mass is 186 g/mol. The van der Waals surface area contributed by atoms with E-state index < -0.39 is 0 Å². The van der Waals surface area contributed by atoms with Crippen LogP contribution in [-0.4, -0.2) is 6.29 Å². The van der Waals surface area contributed by atoms with Crippen LogP contribution < -0.4 is 0 Å². The molecule has 0 spiro atoms. The zero-order valence-corrected chi connectivity index (χ0v) is 8.20. The molecule has 0 N–H and O–H groups in total. The van der Waals surface area contributed by atoms with Gasteiger partial charge >= 0.3 is 0 Å². The third-order valence-electron chi connectivity index (χ3n) is 4.00. The number of rotatable bonds is 2. The molecule has 1 nitrogen and oxygen atoms in total. The summed E-state index contributed by atoms with van der Waals surface area (Å²) in [6.45, 7) is 0. The topological polar surface area (TPSA) is 17.1 Å². The Balaban J connectivity index is 1.97. The first-order chi connectivity index (χ1) is 6.86. The number of hydrogen-bond donors (Lipinski definition) is 0. The van der Waals surface area contributed by atoms with Crippen LogP contribution in [0.15, 0.2) is 24.3 Å². The van der Waals surface area contributed by atoms with E-state index in [0.29, 0.717) is 11.3 Å². The van der Waals surface area contributed by atoms with Crippen LogP contribution >= 0.6 is 0 Å². The van der Waals surface area contributed by atoms with E-state index in [9.17, 15) is 4.79 Å². The van der Waals surface area contributed by atoms with Crippen molar-refractivity contribution in [3.8, 4) is 0 Å². The molecule has 2 atom stereocenters. The molecule has 0 bridgehead atoms. The number of fused-ring (bicyclic) bond motifs is 3. The van der Waals surface area contributed by atoms with E-state index in [1.807, 2.05) is 0 Å². The van der Waals surface area contributed by atoms with E-state index in [1.54, 1.807) is 0 Å². The zero-order valence-electron chi connectivity index (χ0n) is 8.20. The minimum Gasteiger partial charge on any atom is -0.303 e. The maximum absolute atomic E-state index is 10.6. The van der Waals surface area contributed by atoms with Crippen LogP contribution in [0.4, 0.5) is 0 Å². The lowest BCUT2D eigenvalue weighted by Gasteiger charge is -2.22. The lowest BCUT2D eigenvalue weighted by Crippen LogP contribution is -2.12. The van der Waals surface area contributed by atoms with Crippen molar-refractivity contribution in [2.75, 3.05) is 0 Å². The Morgan fingerprint density at radius 3 is 3.14 bits per heavy atom. The molecule has 1 fully saturated rings. The van der Waals surface area contributed by atoms with Crippen molar-refractivity contribution in [3.05, 3.63) is 35.4 Å². The van der Waals surface area contributed by atoms with E-state index in [4.69, 9.17) is 0 Å². The molecular formula is C13H14O. The van der Waals surface area contributed by atoms with Gasteiger partial charge in [-0.15, -0.1) is 0 Å². The standard InChI is InChI=1S/C13H14O/c14-8-7-13-6-5-10-3-1-2-4-11(10)12(13)9-13/h1-4,8,12H,5-7,9H2/t12-,13+/m1/s1. The summed E-state index contributed by atoms with van der Waals surface area (Å²) < 4.78 is 0. The molecule has 2 aliphatic rings. The van der Waals surface area contributed by atoms with Gasteiger partial charge in [0.1, 0.15) is 6.29 Å². The zero-order chi connectivity index (χ0) is 9.60. The van der Waals surface area contributed by atoms with E-state index in [2.05, 4.69) is 24.3 Å². The average Bonchev–Trinajstić information content (AvgIpc) is 2.93. The molecule has 0 amide bonds. The van der Waals surface area contributed by atoms with Gasteiger partial charge in [-0.1, -0.05) is 24.3 Å². The predicted molar refractivity (Wildman–Crippen MR) is 55.2 cm³/mol. The van der Waals surface area contributed by atoms with Gasteiger partial charge in [0.15, 0.2) is 0 Å². The first kappa shape index (κ1) is 8.22. The summed E-state index contributed by atoms with van der Waals surface area (Å²) in [5, 5.41) is 0. The highest BCUT2D eigenvalue weighted by molar-refractivity contribution is 5.55. The number of aryl methyl sites for hydroxylation is 1. The fourth-order valence-electron chi connectivity index (χ4n) is 3.04. The lowest BCUT2D eigenvalue weighted by molar-refractivity contribution is -0.109. The molecule has 1 aromatic carbocycles. The molecule has 0 saturated heterocycles. The van der Waals surface area contributed by atoms with Crippen molar-refractivity contribution in [1.82, 2.24) is 0 Å². The van der Waals surface area contributed by atoms with E-state index >= 15 is 0 Å². The summed E-state index contributed by atoms with van der Waals surface area (Å²) in [5.74, 6) is 0.692. The summed E-state index contributed by atoms with van der Waals surface area (Å²) in [4.78, 5) is 10.6. The van der Waals surface area contributed by atoms with Crippen molar-refractivity contribution < 1.29 is 4.79 Å². The molecule has 0 aliphatic heterocycles. The molecule has 2 aliphatic carbocycles. The fraction of sp³-hybridized carbons (Fsp3) is 0.462. The second-order valence-corrected chi connectivity index (χ2v) is 4.69. The van der Waals surface area contributed by atoms with Crippen LogP contribution in [0, 0.1) is 5.41 Å². The first-order valence-corrected chi connectivity index (χ1v) is 5.37. The fourth-order valence-corrected chi connectivity index (χ4v) is 3.04. The smallest absolute Gasteiger partial charge is 0.120 e.